The van der Waals surface area contributed by atoms with Crippen LogP contribution in [-0.4, -0.2) is 63.3 Å². The molecule has 1 aliphatic carbocycles. The number of hydrogen-bond acceptors (Lipinski definition) is 10. The van der Waals surface area contributed by atoms with Gasteiger partial charge in [-0.15, -0.1) is 0 Å². The van der Waals surface area contributed by atoms with E-state index in [1.807, 2.05) is 6.92 Å². The SMILES string of the molecule is CC[C@@H]1C(=O)N(C)c2cnc(Nc3ccc(-c4noc(C(=O)O)n4)cc3OC)nc2N1C1CCCC1. The molecule has 1 saturated carbocycles. The Labute approximate surface area is 207 Å². The number of amides is 1. The van der Waals surface area contributed by atoms with Crippen LogP contribution < -0.4 is 19.9 Å². The fraction of sp³-hybridized carbons (Fsp3) is 0.417. The average molecular weight is 494 g/mol. The zero-order valence-corrected chi connectivity index (χ0v) is 20.3. The Morgan fingerprint density at radius 2 is 2.06 bits per heavy atom. The molecule has 1 aromatic carbocycles. The van der Waals surface area contributed by atoms with Crippen LogP contribution in [0.25, 0.3) is 11.4 Å². The van der Waals surface area contributed by atoms with Gasteiger partial charge in [-0.3, -0.25) is 4.79 Å². The van der Waals surface area contributed by atoms with E-state index in [0.717, 1.165) is 31.5 Å². The fourth-order valence-electron chi connectivity index (χ4n) is 4.92. The van der Waals surface area contributed by atoms with E-state index in [2.05, 4.69) is 25.3 Å². The monoisotopic (exact) mass is 493 g/mol. The Morgan fingerprint density at radius 1 is 1.28 bits per heavy atom. The summed E-state index contributed by atoms with van der Waals surface area (Å²) in [4.78, 5) is 41.1. The molecule has 1 fully saturated rings. The summed E-state index contributed by atoms with van der Waals surface area (Å²) in [5, 5.41) is 15.9. The maximum Gasteiger partial charge on any atom is 0.394 e. The molecule has 1 aliphatic heterocycles. The number of nitrogens with one attached hydrogen (secondary N) is 1. The third kappa shape index (κ3) is 4.08. The molecule has 12 heteroatoms. The van der Waals surface area contributed by atoms with Crippen LogP contribution in [0, 0.1) is 0 Å². The van der Waals surface area contributed by atoms with E-state index in [9.17, 15) is 9.59 Å². The summed E-state index contributed by atoms with van der Waals surface area (Å²) in [5.41, 5.74) is 1.82. The van der Waals surface area contributed by atoms with E-state index in [4.69, 9.17) is 19.4 Å². The van der Waals surface area contributed by atoms with Gasteiger partial charge >= 0.3 is 11.9 Å². The molecule has 5 rings (SSSR count). The number of aromatic carboxylic acids is 1. The lowest BCUT2D eigenvalue weighted by Crippen LogP contribution is -2.55. The topological polar surface area (TPSA) is 147 Å². The summed E-state index contributed by atoms with van der Waals surface area (Å²) in [6, 6.07) is 5.14. The number of rotatable bonds is 7. The zero-order chi connectivity index (χ0) is 25.4. The minimum Gasteiger partial charge on any atom is -0.495 e. The zero-order valence-electron chi connectivity index (χ0n) is 20.3. The van der Waals surface area contributed by atoms with Gasteiger partial charge in [-0.05, 0) is 37.5 Å². The van der Waals surface area contributed by atoms with Gasteiger partial charge in [0.15, 0.2) is 5.82 Å². The second-order valence-electron chi connectivity index (χ2n) is 8.84. The Balaban J connectivity index is 1.47. The molecule has 1 amide bonds. The number of anilines is 4. The van der Waals surface area contributed by atoms with Gasteiger partial charge in [0.05, 0.1) is 19.0 Å². The maximum absolute atomic E-state index is 13.1. The highest BCUT2D eigenvalue weighted by Gasteiger charge is 2.41. The predicted octanol–water partition coefficient (Wildman–Crippen LogP) is 3.48. The molecule has 2 aliphatic rings. The number of carbonyl (C=O) groups excluding carboxylic acids is 1. The first-order valence-corrected chi connectivity index (χ1v) is 11.9. The molecular weight excluding hydrogens is 466 g/mol. The lowest BCUT2D eigenvalue weighted by molar-refractivity contribution is -0.120. The van der Waals surface area contributed by atoms with Gasteiger partial charge in [0, 0.05) is 18.7 Å². The molecule has 0 bridgehead atoms. The summed E-state index contributed by atoms with van der Waals surface area (Å²) in [6.07, 6.45) is 6.73. The molecular formula is C24H27N7O5. The molecule has 2 aromatic heterocycles. The van der Waals surface area contributed by atoms with Crippen LogP contribution in [0.4, 0.5) is 23.1 Å². The van der Waals surface area contributed by atoms with Crippen LogP contribution in [0.15, 0.2) is 28.9 Å². The normalized spacial score (nSPS) is 17.9. The van der Waals surface area contributed by atoms with E-state index in [1.54, 1.807) is 36.3 Å². The van der Waals surface area contributed by atoms with E-state index in [1.165, 1.54) is 7.11 Å². The maximum atomic E-state index is 13.1. The largest absolute Gasteiger partial charge is 0.495 e. The smallest absolute Gasteiger partial charge is 0.394 e. The van der Waals surface area contributed by atoms with Crippen molar-refractivity contribution >= 4 is 35.0 Å². The van der Waals surface area contributed by atoms with Gasteiger partial charge in [0.2, 0.25) is 17.7 Å². The van der Waals surface area contributed by atoms with Crippen molar-refractivity contribution in [3.8, 4) is 17.1 Å². The second-order valence-corrected chi connectivity index (χ2v) is 8.84. The highest BCUT2D eigenvalue weighted by molar-refractivity contribution is 6.04. The molecule has 2 N–H and O–H groups in total. The number of carbonyl (C=O) groups is 2. The van der Waals surface area contributed by atoms with Crippen molar-refractivity contribution in [3.05, 3.63) is 30.3 Å². The van der Waals surface area contributed by atoms with Gasteiger partial charge < -0.3 is 29.5 Å². The molecule has 12 nitrogen and oxygen atoms in total. The summed E-state index contributed by atoms with van der Waals surface area (Å²) in [5.74, 6) is -0.0205. The van der Waals surface area contributed by atoms with E-state index < -0.39 is 11.9 Å². The number of benzene rings is 1. The average Bonchev–Trinajstić information content (AvgIpc) is 3.59. The summed E-state index contributed by atoms with van der Waals surface area (Å²) < 4.78 is 10.3. The summed E-state index contributed by atoms with van der Waals surface area (Å²) in [6.45, 7) is 2.03. The van der Waals surface area contributed by atoms with Crippen LogP contribution >= 0.6 is 0 Å². The minimum atomic E-state index is -1.30. The number of nitrogens with zero attached hydrogens (tertiary/aromatic N) is 6. The van der Waals surface area contributed by atoms with E-state index in [0.29, 0.717) is 35.1 Å². The summed E-state index contributed by atoms with van der Waals surface area (Å²) >= 11 is 0. The first-order valence-electron chi connectivity index (χ1n) is 11.9. The molecule has 188 valence electrons. The number of carboxylic acids is 1. The molecule has 1 atom stereocenters. The van der Waals surface area contributed by atoms with Gasteiger partial charge in [-0.2, -0.15) is 9.97 Å². The Bertz CT molecular complexity index is 1300. The fourth-order valence-corrected chi connectivity index (χ4v) is 4.92. The molecule has 0 radical (unpaired) electrons. The molecule has 3 heterocycles. The molecule has 0 unspecified atom stereocenters. The van der Waals surface area contributed by atoms with Crippen molar-refractivity contribution in [2.45, 2.75) is 51.1 Å². The third-order valence-corrected chi connectivity index (χ3v) is 6.73. The van der Waals surface area contributed by atoms with Gasteiger partial charge in [-0.1, -0.05) is 24.9 Å². The first kappa shape index (κ1) is 23.5. The van der Waals surface area contributed by atoms with Gasteiger partial charge in [0.1, 0.15) is 17.5 Å². The van der Waals surface area contributed by atoms with E-state index >= 15 is 0 Å². The Kier molecular flexibility index (Phi) is 6.17. The minimum absolute atomic E-state index is 0.0611. The van der Waals surface area contributed by atoms with Crippen molar-refractivity contribution in [2.75, 3.05) is 29.3 Å². The first-order chi connectivity index (χ1) is 17.4. The number of carboxylic acid groups (broad SMARTS) is 1. The van der Waals surface area contributed by atoms with Crippen molar-refractivity contribution < 1.29 is 24.0 Å². The van der Waals surface area contributed by atoms with E-state index in [-0.39, 0.29) is 23.8 Å². The van der Waals surface area contributed by atoms with Crippen molar-refractivity contribution in [2.24, 2.45) is 0 Å². The van der Waals surface area contributed by atoms with Crippen molar-refractivity contribution in [3.63, 3.8) is 0 Å². The highest BCUT2D eigenvalue weighted by Crippen LogP contribution is 2.40. The van der Waals surface area contributed by atoms with Crippen LogP contribution in [0.3, 0.4) is 0 Å². The molecule has 0 spiro atoms. The van der Waals surface area contributed by atoms with Crippen LogP contribution in [-0.2, 0) is 4.79 Å². The molecule has 3 aromatic rings. The lowest BCUT2D eigenvalue weighted by Gasteiger charge is -2.43. The van der Waals surface area contributed by atoms with Crippen LogP contribution in [0.1, 0.15) is 49.7 Å². The van der Waals surface area contributed by atoms with Crippen LogP contribution in [0.5, 0.6) is 5.75 Å². The number of ether oxygens (including phenoxy) is 1. The number of aromatic nitrogens is 4. The second kappa shape index (κ2) is 9.44. The number of methoxy groups -OCH3 is 1. The standard InChI is InChI=1S/C24H27N7O5/c1-4-16-22(32)30(2)17-12-25-24(28-20(17)31(16)14-7-5-6-8-14)26-15-10-9-13(11-18(15)35-3)19-27-21(23(33)34)36-29-19/h9-12,14,16H,4-8H2,1-3H3,(H,33,34)(H,25,26,28)/t16-/m1/s1. The molecule has 36 heavy (non-hydrogen) atoms. The molecule has 0 saturated heterocycles. The third-order valence-electron chi connectivity index (χ3n) is 6.73. The number of likely N-dealkylation sites (N-methyl/N-ethyl adjacent to an activating group) is 1. The number of hydrogen-bond donors (Lipinski definition) is 2. The quantitative estimate of drug-likeness (QED) is 0.498. The predicted molar refractivity (Wildman–Crippen MR) is 131 cm³/mol. The van der Waals surface area contributed by atoms with Crippen LogP contribution in [0.2, 0.25) is 0 Å². The van der Waals surface area contributed by atoms with Gasteiger partial charge in [-0.25, -0.2) is 9.78 Å². The highest BCUT2D eigenvalue weighted by atomic mass is 16.5. The Morgan fingerprint density at radius 3 is 2.72 bits per heavy atom. The lowest BCUT2D eigenvalue weighted by atomic mass is 10.0. The van der Waals surface area contributed by atoms with Crippen molar-refractivity contribution in [1.82, 2.24) is 20.1 Å². The number of fused-ring (bicyclic) bond motifs is 1. The van der Waals surface area contributed by atoms with Gasteiger partial charge in [0.25, 0.3) is 0 Å². The van der Waals surface area contributed by atoms with Crippen molar-refractivity contribution in [1.29, 1.82) is 0 Å². The summed E-state index contributed by atoms with van der Waals surface area (Å²) in [7, 11) is 3.28. The Hall–Kier alpha value is -4.22.